The van der Waals surface area contributed by atoms with Crippen LogP contribution in [-0.4, -0.2) is 30.5 Å². The molecule has 1 aromatic rings. The lowest BCUT2D eigenvalue weighted by molar-refractivity contribution is -0.175. The third-order valence-corrected chi connectivity index (χ3v) is 2.79. The zero-order valence-electron chi connectivity index (χ0n) is 11.1. The highest BCUT2D eigenvalue weighted by Crippen LogP contribution is 2.17. The standard InChI is InChI=1S/C14H17F3O3/c1-10-3-2-4-11(7-10)8-12(13(18)19)5-6-20-9-14(15,16)17/h2-4,7,12H,5-6,8-9H2,1H3,(H,18,19). The Bertz CT molecular complexity index is 444. The highest BCUT2D eigenvalue weighted by atomic mass is 19.4. The number of carboxylic acid groups (broad SMARTS) is 1. The third-order valence-electron chi connectivity index (χ3n) is 2.79. The number of rotatable bonds is 7. The molecule has 0 radical (unpaired) electrons. The Balaban J connectivity index is 2.47. The maximum absolute atomic E-state index is 11.9. The summed E-state index contributed by atoms with van der Waals surface area (Å²) in [7, 11) is 0. The molecule has 1 unspecified atom stereocenters. The molecule has 1 aromatic carbocycles. The number of alkyl halides is 3. The smallest absolute Gasteiger partial charge is 0.411 e. The zero-order valence-corrected chi connectivity index (χ0v) is 11.1. The van der Waals surface area contributed by atoms with Crippen molar-refractivity contribution in [3.8, 4) is 0 Å². The Morgan fingerprint density at radius 2 is 2.10 bits per heavy atom. The van der Waals surface area contributed by atoms with Crippen LogP contribution in [0.2, 0.25) is 0 Å². The van der Waals surface area contributed by atoms with Gasteiger partial charge in [-0.3, -0.25) is 4.79 Å². The van der Waals surface area contributed by atoms with E-state index in [1.165, 1.54) is 0 Å². The van der Waals surface area contributed by atoms with Gasteiger partial charge in [0.2, 0.25) is 0 Å². The van der Waals surface area contributed by atoms with Crippen molar-refractivity contribution in [3.63, 3.8) is 0 Å². The van der Waals surface area contributed by atoms with Crippen molar-refractivity contribution in [2.75, 3.05) is 13.2 Å². The van der Waals surface area contributed by atoms with Crippen LogP contribution in [0.5, 0.6) is 0 Å². The van der Waals surface area contributed by atoms with Crippen LogP contribution in [-0.2, 0) is 16.0 Å². The second kappa shape index (κ2) is 7.28. The van der Waals surface area contributed by atoms with Crippen molar-refractivity contribution in [1.82, 2.24) is 0 Å². The number of ether oxygens (including phenoxy) is 1. The average molecular weight is 290 g/mol. The van der Waals surface area contributed by atoms with E-state index in [1.807, 2.05) is 25.1 Å². The monoisotopic (exact) mass is 290 g/mol. The second-order valence-corrected chi connectivity index (χ2v) is 4.68. The molecule has 0 spiro atoms. The van der Waals surface area contributed by atoms with Gasteiger partial charge in [-0.1, -0.05) is 29.8 Å². The van der Waals surface area contributed by atoms with Gasteiger partial charge in [0, 0.05) is 6.61 Å². The van der Waals surface area contributed by atoms with Gasteiger partial charge < -0.3 is 9.84 Å². The molecule has 112 valence electrons. The molecular weight excluding hydrogens is 273 g/mol. The fraction of sp³-hybridized carbons (Fsp3) is 0.500. The summed E-state index contributed by atoms with van der Waals surface area (Å²) in [5.41, 5.74) is 1.87. The molecule has 0 heterocycles. The molecule has 1 atom stereocenters. The molecule has 6 heteroatoms. The van der Waals surface area contributed by atoms with Crippen molar-refractivity contribution < 1.29 is 27.8 Å². The van der Waals surface area contributed by atoms with E-state index in [4.69, 9.17) is 5.11 Å². The van der Waals surface area contributed by atoms with Crippen molar-refractivity contribution in [2.45, 2.75) is 25.9 Å². The fourth-order valence-electron chi connectivity index (χ4n) is 1.85. The summed E-state index contributed by atoms with van der Waals surface area (Å²) in [6, 6.07) is 7.39. The first kappa shape index (κ1) is 16.5. The maximum Gasteiger partial charge on any atom is 0.411 e. The average Bonchev–Trinajstić information content (AvgIpc) is 2.31. The van der Waals surface area contributed by atoms with Crippen LogP contribution < -0.4 is 0 Å². The summed E-state index contributed by atoms with van der Waals surface area (Å²) >= 11 is 0. The molecule has 0 amide bonds. The van der Waals surface area contributed by atoms with Crippen LogP contribution in [0.3, 0.4) is 0 Å². The lowest BCUT2D eigenvalue weighted by atomic mass is 9.96. The van der Waals surface area contributed by atoms with E-state index in [2.05, 4.69) is 4.74 Å². The van der Waals surface area contributed by atoms with Crippen molar-refractivity contribution in [1.29, 1.82) is 0 Å². The molecule has 20 heavy (non-hydrogen) atoms. The van der Waals surface area contributed by atoms with E-state index in [9.17, 15) is 18.0 Å². The molecular formula is C14H17F3O3. The summed E-state index contributed by atoms with van der Waals surface area (Å²) in [5, 5.41) is 9.09. The summed E-state index contributed by atoms with van der Waals surface area (Å²) in [4.78, 5) is 11.1. The number of halogens is 3. The van der Waals surface area contributed by atoms with Gasteiger partial charge >= 0.3 is 12.1 Å². The fourth-order valence-corrected chi connectivity index (χ4v) is 1.85. The first-order chi connectivity index (χ1) is 9.28. The highest BCUT2D eigenvalue weighted by Gasteiger charge is 2.27. The van der Waals surface area contributed by atoms with Crippen LogP contribution in [0.15, 0.2) is 24.3 Å². The SMILES string of the molecule is Cc1cccc(CC(CCOCC(F)(F)F)C(=O)O)c1. The lowest BCUT2D eigenvalue weighted by Gasteiger charge is -2.13. The zero-order chi connectivity index (χ0) is 15.2. The Morgan fingerprint density at radius 1 is 1.40 bits per heavy atom. The van der Waals surface area contributed by atoms with E-state index >= 15 is 0 Å². The number of aryl methyl sites for hydroxylation is 1. The van der Waals surface area contributed by atoms with Crippen LogP contribution in [0.25, 0.3) is 0 Å². The predicted octanol–water partition coefficient (Wildman–Crippen LogP) is 3.21. The minimum absolute atomic E-state index is 0.0549. The van der Waals surface area contributed by atoms with Crippen LogP contribution in [0.1, 0.15) is 17.5 Å². The van der Waals surface area contributed by atoms with Crippen LogP contribution >= 0.6 is 0 Å². The Morgan fingerprint density at radius 3 is 2.65 bits per heavy atom. The minimum atomic E-state index is -4.38. The summed E-state index contributed by atoms with van der Waals surface area (Å²) < 4.78 is 40.1. The summed E-state index contributed by atoms with van der Waals surface area (Å²) in [6.45, 7) is 0.331. The van der Waals surface area contributed by atoms with Gasteiger partial charge in [0.15, 0.2) is 0 Å². The molecule has 0 bridgehead atoms. The first-order valence-corrected chi connectivity index (χ1v) is 6.21. The molecule has 1 rings (SSSR count). The molecule has 3 nitrogen and oxygen atoms in total. The van der Waals surface area contributed by atoms with Crippen LogP contribution in [0, 0.1) is 12.8 Å². The Hall–Kier alpha value is -1.56. The van der Waals surface area contributed by atoms with E-state index in [-0.39, 0.29) is 19.4 Å². The number of hydrogen-bond donors (Lipinski definition) is 1. The number of benzene rings is 1. The Kier molecular flexibility index (Phi) is 6.01. The van der Waals surface area contributed by atoms with Gasteiger partial charge in [-0.05, 0) is 25.3 Å². The second-order valence-electron chi connectivity index (χ2n) is 4.68. The number of carbonyl (C=O) groups is 1. The molecule has 0 aliphatic heterocycles. The molecule has 0 aromatic heterocycles. The normalized spacial score (nSPS) is 13.2. The molecule has 0 saturated heterocycles. The molecule has 1 N–H and O–H groups in total. The van der Waals surface area contributed by atoms with Gasteiger partial charge in [-0.25, -0.2) is 0 Å². The summed E-state index contributed by atoms with van der Waals surface area (Å²) in [5.74, 6) is -1.77. The van der Waals surface area contributed by atoms with Gasteiger partial charge in [0.1, 0.15) is 6.61 Å². The maximum atomic E-state index is 11.9. The van der Waals surface area contributed by atoms with Gasteiger partial charge in [-0.15, -0.1) is 0 Å². The van der Waals surface area contributed by atoms with Crippen molar-refractivity contribution in [2.24, 2.45) is 5.92 Å². The van der Waals surface area contributed by atoms with E-state index in [0.717, 1.165) is 11.1 Å². The number of carboxylic acids is 1. The minimum Gasteiger partial charge on any atom is -0.481 e. The first-order valence-electron chi connectivity index (χ1n) is 6.21. The predicted molar refractivity (Wildman–Crippen MR) is 67.5 cm³/mol. The molecule has 0 saturated carbocycles. The number of hydrogen-bond acceptors (Lipinski definition) is 2. The highest BCUT2D eigenvalue weighted by molar-refractivity contribution is 5.70. The van der Waals surface area contributed by atoms with Crippen LogP contribution in [0.4, 0.5) is 13.2 Å². The lowest BCUT2D eigenvalue weighted by Crippen LogP contribution is -2.22. The summed E-state index contributed by atoms with van der Waals surface area (Å²) in [6.07, 6.45) is -4.04. The van der Waals surface area contributed by atoms with Crippen molar-refractivity contribution >= 4 is 5.97 Å². The Labute approximate surface area is 115 Å². The van der Waals surface area contributed by atoms with Gasteiger partial charge in [-0.2, -0.15) is 13.2 Å². The largest absolute Gasteiger partial charge is 0.481 e. The number of aliphatic carboxylic acids is 1. The van der Waals surface area contributed by atoms with Crippen molar-refractivity contribution in [3.05, 3.63) is 35.4 Å². The van der Waals surface area contributed by atoms with E-state index in [0.29, 0.717) is 0 Å². The topological polar surface area (TPSA) is 46.5 Å². The van der Waals surface area contributed by atoms with E-state index in [1.54, 1.807) is 6.07 Å². The third kappa shape index (κ3) is 6.56. The molecule has 0 fully saturated rings. The molecule has 0 aliphatic carbocycles. The van der Waals surface area contributed by atoms with Gasteiger partial charge in [0.25, 0.3) is 0 Å². The molecule has 0 aliphatic rings. The van der Waals surface area contributed by atoms with E-state index < -0.39 is 24.7 Å². The van der Waals surface area contributed by atoms with Gasteiger partial charge in [0.05, 0.1) is 5.92 Å². The quantitative estimate of drug-likeness (QED) is 0.784.